The van der Waals surface area contributed by atoms with Gasteiger partial charge in [-0.15, -0.1) is 0 Å². The van der Waals surface area contributed by atoms with E-state index in [0.29, 0.717) is 0 Å². The molecule has 3 nitrogen and oxygen atoms in total. The van der Waals surface area contributed by atoms with Gasteiger partial charge in [0.15, 0.2) is 0 Å². The van der Waals surface area contributed by atoms with Crippen LogP contribution in [0.2, 0.25) is 0 Å². The number of nitrogens with zero attached hydrogens (tertiary/aromatic N) is 3. The van der Waals surface area contributed by atoms with Crippen LogP contribution in [0.25, 0.3) is 44.1 Å². The summed E-state index contributed by atoms with van der Waals surface area (Å²) in [5, 5.41) is 3.74. The molecule has 0 unspecified atom stereocenters. The first-order valence-electron chi connectivity index (χ1n) is 17.3. The molecule has 0 bridgehead atoms. The highest BCUT2D eigenvalue weighted by atomic mass is 15.1. The molecule has 0 spiro atoms. The molecule has 2 heterocycles. The normalized spacial score (nSPS) is 12.3. The maximum absolute atomic E-state index is 2.45. The minimum Gasteiger partial charge on any atom is -0.316 e. The molecule has 2 aromatic heterocycles. The number of benzene rings is 6. The lowest BCUT2D eigenvalue weighted by Crippen LogP contribution is -2.14. The van der Waals surface area contributed by atoms with Gasteiger partial charge in [-0.2, -0.15) is 0 Å². The first kappa shape index (κ1) is 30.8. The van der Waals surface area contributed by atoms with Crippen molar-refractivity contribution in [1.29, 1.82) is 0 Å². The van der Waals surface area contributed by atoms with Crippen LogP contribution >= 0.6 is 0 Å². The number of anilines is 3. The zero-order chi connectivity index (χ0) is 33.9. The van der Waals surface area contributed by atoms with Gasteiger partial charge in [-0.05, 0) is 94.8 Å². The summed E-state index contributed by atoms with van der Waals surface area (Å²) in [6.45, 7) is 13.6. The van der Waals surface area contributed by atoms with Crippen molar-refractivity contribution in [2.75, 3.05) is 4.90 Å². The summed E-state index contributed by atoms with van der Waals surface area (Å²) in [4.78, 5) is 2.39. The van der Waals surface area contributed by atoms with Crippen molar-refractivity contribution in [2.45, 2.75) is 52.4 Å². The van der Waals surface area contributed by atoms with E-state index in [0.717, 1.165) is 28.4 Å². The van der Waals surface area contributed by atoms with Crippen LogP contribution in [0.5, 0.6) is 0 Å². The molecule has 0 N–H and O–H groups in total. The van der Waals surface area contributed by atoms with E-state index in [2.05, 4.69) is 207 Å². The number of para-hydroxylation sites is 2. The van der Waals surface area contributed by atoms with E-state index in [4.69, 9.17) is 0 Å². The van der Waals surface area contributed by atoms with Gasteiger partial charge >= 0.3 is 0 Å². The minimum absolute atomic E-state index is 0.0823. The van der Waals surface area contributed by atoms with Gasteiger partial charge in [-0.1, -0.05) is 114 Å². The van der Waals surface area contributed by atoms with Crippen LogP contribution in [0.4, 0.5) is 17.1 Å². The number of hydrogen-bond donors (Lipinski definition) is 0. The van der Waals surface area contributed by atoms with Crippen LogP contribution in [0, 0.1) is 0 Å². The molecule has 0 aliphatic rings. The van der Waals surface area contributed by atoms with E-state index < -0.39 is 0 Å². The van der Waals surface area contributed by atoms with Gasteiger partial charge in [0.05, 0.1) is 16.6 Å². The maximum atomic E-state index is 2.45. The molecule has 0 radical (unpaired) electrons. The molecule has 0 fully saturated rings. The largest absolute Gasteiger partial charge is 0.316 e. The average molecular weight is 638 g/mol. The summed E-state index contributed by atoms with van der Waals surface area (Å²) in [5.41, 5.74) is 12.1. The molecule has 0 aliphatic heterocycles. The summed E-state index contributed by atoms with van der Waals surface area (Å²) in [6, 6.07) is 53.4. The van der Waals surface area contributed by atoms with E-state index >= 15 is 0 Å². The lowest BCUT2D eigenvalue weighted by Gasteiger charge is -2.28. The fourth-order valence-electron chi connectivity index (χ4n) is 7.20. The Morgan fingerprint density at radius 1 is 0.429 bits per heavy atom. The molecule has 242 valence electrons. The summed E-state index contributed by atoms with van der Waals surface area (Å²) in [5.74, 6) is 0. The third kappa shape index (κ3) is 5.40. The Morgan fingerprint density at radius 2 is 1.02 bits per heavy atom. The smallest absolute Gasteiger partial charge is 0.0635 e. The highest BCUT2D eigenvalue weighted by Crippen LogP contribution is 2.41. The van der Waals surface area contributed by atoms with E-state index in [1.165, 1.54) is 43.8 Å². The molecule has 0 saturated carbocycles. The van der Waals surface area contributed by atoms with Crippen molar-refractivity contribution in [3.05, 3.63) is 163 Å². The topological polar surface area (TPSA) is 13.1 Å². The van der Waals surface area contributed by atoms with E-state index in [1.54, 1.807) is 0 Å². The fraction of sp³-hybridized carbons (Fsp3) is 0.174. The average Bonchev–Trinajstić information content (AvgIpc) is 3.68. The first-order chi connectivity index (χ1) is 23.6. The molecular weight excluding hydrogens is 595 g/mol. The Balaban J connectivity index is 1.34. The molecule has 0 atom stereocenters. The van der Waals surface area contributed by atoms with Crippen molar-refractivity contribution in [2.24, 2.45) is 0 Å². The molecule has 8 rings (SSSR count). The molecule has 0 saturated heterocycles. The summed E-state index contributed by atoms with van der Waals surface area (Å²) < 4.78 is 4.74. The van der Waals surface area contributed by atoms with Crippen LogP contribution < -0.4 is 4.90 Å². The van der Waals surface area contributed by atoms with Crippen molar-refractivity contribution >= 4 is 49.8 Å². The molecule has 6 aromatic carbocycles. The van der Waals surface area contributed by atoms with Gasteiger partial charge in [0.2, 0.25) is 0 Å². The Kier molecular flexibility index (Phi) is 7.26. The van der Waals surface area contributed by atoms with Crippen LogP contribution in [-0.4, -0.2) is 9.13 Å². The minimum atomic E-state index is 0.0823. The molecule has 0 amide bonds. The summed E-state index contributed by atoms with van der Waals surface area (Å²) in [6.07, 6.45) is 2.20. The molecule has 3 heteroatoms. The molecule has 0 aliphatic carbocycles. The zero-order valence-corrected chi connectivity index (χ0v) is 29.3. The zero-order valence-electron chi connectivity index (χ0n) is 29.3. The predicted octanol–water partition coefficient (Wildman–Crippen LogP) is 12.8. The maximum Gasteiger partial charge on any atom is 0.0635 e. The third-order valence-corrected chi connectivity index (χ3v) is 9.87. The van der Waals surface area contributed by atoms with Gasteiger partial charge in [0, 0.05) is 50.8 Å². The fourth-order valence-corrected chi connectivity index (χ4v) is 7.20. The van der Waals surface area contributed by atoms with Crippen molar-refractivity contribution in [3.63, 3.8) is 0 Å². The standard InChI is InChI=1S/C46H43N3/c1-45(2,3)32-19-23-35(24-20-32)48(36-25-21-33(22-26-36)46(4,5)6)37-15-12-16-38(31-37)49-43-18-11-10-17-39(43)40-27-28-42-41(44(40)49)29-30-47(42)34-13-8-7-9-14-34/h7-31H,1-6H3. The number of aromatic nitrogens is 2. The number of fused-ring (bicyclic) bond motifs is 5. The highest BCUT2D eigenvalue weighted by Gasteiger charge is 2.21. The monoisotopic (exact) mass is 637 g/mol. The van der Waals surface area contributed by atoms with Crippen LogP contribution in [0.15, 0.2) is 152 Å². The van der Waals surface area contributed by atoms with Gasteiger partial charge in [0.1, 0.15) is 0 Å². The second-order valence-electron chi connectivity index (χ2n) is 15.2. The second kappa shape index (κ2) is 11.6. The van der Waals surface area contributed by atoms with Crippen molar-refractivity contribution in [1.82, 2.24) is 9.13 Å². The van der Waals surface area contributed by atoms with Crippen LogP contribution in [0.3, 0.4) is 0 Å². The second-order valence-corrected chi connectivity index (χ2v) is 15.2. The van der Waals surface area contributed by atoms with Crippen LogP contribution in [-0.2, 0) is 10.8 Å². The van der Waals surface area contributed by atoms with Gasteiger partial charge < -0.3 is 14.0 Å². The van der Waals surface area contributed by atoms with Gasteiger partial charge in [-0.25, -0.2) is 0 Å². The predicted molar refractivity (Wildman–Crippen MR) is 210 cm³/mol. The molecular formula is C46H43N3. The summed E-state index contributed by atoms with van der Waals surface area (Å²) >= 11 is 0. The van der Waals surface area contributed by atoms with E-state index in [1.807, 2.05) is 0 Å². The Hall–Kier alpha value is -5.54. The SMILES string of the molecule is CC(C)(C)c1ccc(N(c2ccc(C(C)(C)C)cc2)c2cccc(-n3c4ccccc4c4ccc5c(ccn5-c5ccccc5)c43)c2)cc1. The van der Waals surface area contributed by atoms with Gasteiger partial charge in [-0.3, -0.25) is 0 Å². The van der Waals surface area contributed by atoms with Crippen molar-refractivity contribution in [3.8, 4) is 11.4 Å². The van der Waals surface area contributed by atoms with Gasteiger partial charge in [0.25, 0.3) is 0 Å². The lowest BCUT2D eigenvalue weighted by atomic mass is 9.86. The summed E-state index contributed by atoms with van der Waals surface area (Å²) in [7, 11) is 0. The first-order valence-corrected chi connectivity index (χ1v) is 17.3. The number of hydrogen-bond acceptors (Lipinski definition) is 1. The van der Waals surface area contributed by atoms with E-state index in [-0.39, 0.29) is 10.8 Å². The highest BCUT2D eigenvalue weighted by molar-refractivity contribution is 6.18. The van der Waals surface area contributed by atoms with Crippen LogP contribution in [0.1, 0.15) is 52.7 Å². The van der Waals surface area contributed by atoms with E-state index in [9.17, 15) is 0 Å². The Morgan fingerprint density at radius 3 is 1.65 bits per heavy atom. The quantitative estimate of drug-likeness (QED) is 0.183. The molecule has 49 heavy (non-hydrogen) atoms. The number of rotatable bonds is 5. The van der Waals surface area contributed by atoms with Crippen molar-refractivity contribution < 1.29 is 0 Å². The Bertz CT molecular complexity index is 2370. The third-order valence-electron chi connectivity index (χ3n) is 9.87. The molecule has 8 aromatic rings. The Labute approximate surface area is 289 Å². The lowest BCUT2D eigenvalue weighted by molar-refractivity contribution is 0.590.